The van der Waals surface area contributed by atoms with Gasteiger partial charge in [0.05, 0.1) is 10.5 Å². The fourth-order valence-electron chi connectivity index (χ4n) is 2.11. The maximum Gasteiger partial charge on any atom is 0.343 e. The van der Waals surface area contributed by atoms with Crippen LogP contribution in [0.2, 0.25) is 0 Å². The highest BCUT2D eigenvalue weighted by Gasteiger charge is 2.16. The smallest absolute Gasteiger partial charge is 0.343 e. The number of carbonyl (C=O) groups excluding carboxylic acids is 1. The van der Waals surface area contributed by atoms with Crippen LogP contribution in [0.25, 0.3) is 0 Å². The fourth-order valence-corrected chi connectivity index (χ4v) is 2.11. The van der Waals surface area contributed by atoms with Gasteiger partial charge >= 0.3 is 5.97 Å². The van der Waals surface area contributed by atoms with E-state index >= 15 is 0 Å². The Bertz CT molecular complexity index is 697. The van der Waals surface area contributed by atoms with Crippen LogP contribution in [0.3, 0.4) is 0 Å². The number of esters is 1. The Balaban J connectivity index is 2.26. The van der Waals surface area contributed by atoms with Gasteiger partial charge in [-0.3, -0.25) is 10.1 Å². The van der Waals surface area contributed by atoms with Gasteiger partial charge in [-0.05, 0) is 30.0 Å². The van der Waals surface area contributed by atoms with Crippen LogP contribution in [-0.4, -0.2) is 10.9 Å². The van der Waals surface area contributed by atoms with Crippen molar-refractivity contribution < 1.29 is 14.5 Å². The van der Waals surface area contributed by atoms with E-state index < -0.39 is 10.9 Å². The molecular formula is C17H17NO4. The minimum Gasteiger partial charge on any atom is -0.423 e. The Kier molecular flexibility index (Phi) is 4.88. The van der Waals surface area contributed by atoms with Gasteiger partial charge in [-0.15, -0.1) is 0 Å². The van der Waals surface area contributed by atoms with Crippen LogP contribution >= 0.6 is 0 Å². The lowest BCUT2D eigenvalue weighted by Crippen LogP contribution is -2.10. The molecule has 2 aromatic carbocycles. The van der Waals surface area contributed by atoms with Crippen LogP contribution in [0, 0.1) is 10.1 Å². The summed E-state index contributed by atoms with van der Waals surface area (Å²) in [5.41, 5.74) is 0.974. The molecule has 0 spiro atoms. The third kappa shape index (κ3) is 3.49. The normalized spacial score (nSPS) is 11.7. The summed E-state index contributed by atoms with van der Waals surface area (Å²) in [6.45, 7) is 4.11. The molecule has 2 rings (SSSR count). The molecule has 5 heteroatoms. The molecule has 2 aromatic rings. The number of non-ortho nitro benzene ring substituents is 1. The first-order valence-corrected chi connectivity index (χ1v) is 7.08. The average molecular weight is 299 g/mol. The largest absolute Gasteiger partial charge is 0.423 e. The van der Waals surface area contributed by atoms with Crippen molar-refractivity contribution in [3.8, 4) is 5.75 Å². The summed E-state index contributed by atoms with van der Waals surface area (Å²) in [6, 6.07) is 12.9. The first kappa shape index (κ1) is 15.7. The second-order valence-electron chi connectivity index (χ2n) is 5.04. The van der Waals surface area contributed by atoms with E-state index in [0.717, 1.165) is 12.0 Å². The lowest BCUT2D eigenvalue weighted by atomic mass is 9.98. The van der Waals surface area contributed by atoms with Crippen molar-refractivity contribution in [2.45, 2.75) is 26.2 Å². The second-order valence-corrected chi connectivity index (χ2v) is 5.04. The molecule has 0 aliphatic carbocycles. The maximum atomic E-state index is 12.2. The third-order valence-corrected chi connectivity index (χ3v) is 3.56. The number of benzene rings is 2. The fraction of sp³-hybridized carbons (Fsp3) is 0.235. The molecule has 1 atom stereocenters. The molecule has 0 heterocycles. The molecule has 0 saturated heterocycles. The van der Waals surface area contributed by atoms with Gasteiger partial charge in [0.15, 0.2) is 0 Å². The Morgan fingerprint density at radius 3 is 2.64 bits per heavy atom. The zero-order chi connectivity index (χ0) is 16.1. The van der Waals surface area contributed by atoms with Crippen molar-refractivity contribution in [3.05, 3.63) is 69.8 Å². The minimum absolute atomic E-state index is 0.135. The van der Waals surface area contributed by atoms with Crippen LogP contribution in [0.1, 0.15) is 42.1 Å². The van der Waals surface area contributed by atoms with Crippen molar-refractivity contribution >= 4 is 11.7 Å². The lowest BCUT2D eigenvalue weighted by Gasteiger charge is -2.14. The van der Waals surface area contributed by atoms with Gasteiger partial charge in [0.2, 0.25) is 0 Å². The monoisotopic (exact) mass is 299 g/mol. The molecule has 0 aliphatic rings. The molecule has 5 nitrogen and oxygen atoms in total. The van der Waals surface area contributed by atoms with Gasteiger partial charge < -0.3 is 4.74 Å². The molecule has 0 aromatic heterocycles. The zero-order valence-electron chi connectivity index (χ0n) is 12.5. The molecule has 0 N–H and O–H groups in total. The highest BCUT2D eigenvalue weighted by atomic mass is 16.6. The van der Waals surface area contributed by atoms with Crippen LogP contribution in [0.5, 0.6) is 5.75 Å². The van der Waals surface area contributed by atoms with Crippen LogP contribution < -0.4 is 4.74 Å². The summed E-state index contributed by atoms with van der Waals surface area (Å²) in [6.07, 6.45) is 0.922. The predicted octanol–water partition coefficient (Wildman–Crippen LogP) is 4.33. The Morgan fingerprint density at radius 2 is 1.95 bits per heavy atom. The van der Waals surface area contributed by atoms with Gasteiger partial charge in [0.1, 0.15) is 5.75 Å². The topological polar surface area (TPSA) is 69.4 Å². The number of nitro groups is 1. The molecule has 114 valence electrons. The summed E-state index contributed by atoms with van der Waals surface area (Å²) in [4.78, 5) is 22.4. The molecular weight excluding hydrogens is 282 g/mol. The summed E-state index contributed by atoms with van der Waals surface area (Å²) in [5, 5.41) is 10.8. The summed E-state index contributed by atoms with van der Waals surface area (Å²) in [5.74, 6) is 0.155. The van der Waals surface area contributed by atoms with Gasteiger partial charge in [-0.1, -0.05) is 38.1 Å². The van der Waals surface area contributed by atoms with Crippen molar-refractivity contribution in [2.24, 2.45) is 0 Å². The SMILES string of the molecule is CCC(C)c1ccccc1OC(=O)c1cccc([N+](=O)[O-])c1. The number of carbonyl (C=O) groups is 1. The number of rotatable bonds is 5. The highest BCUT2D eigenvalue weighted by Crippen LogP contribution is 2.29. The Morgan fingerprint density at radius 1 is 1.23 bits per heavy atom. The van der Waals surface area contributed by atoms with E-state index in [1.807, 2.05) is 12.1 Å². The van der Waals surface area contributed by atoms with Crippen molar-refractivity contribution in [2.75, 3.05) is 0 Å². The number of hydrogen-bond acceptors (Lipinski definition) is 4. The van der Waals surface area contributed by atoms with E-state index in [0.29, 0.717) is 5.75 Å². The lowest BCUT2D eigenvalue weighted by molar-refractivity contribution is -0.384. The van der Waals surface area contributed by atoms with Gasteiger partial charge in [0.25, 0.3) is 5.69 Å². The first-order valence-electron chi connectivity index (χ1n) is 7.08. The number of ether oxygens (including phenoxy) is 1. The van der Waals surface area contributed by atoms with E-state index in [-0.39, 0.29) is 17.2 Å². The quantitative estimate of drug-likeness (QED) is 0.356. The van der Waals surface area contributed by atoms with Crippen LogP contribution in [0.4, 0.5) is 5.69 Å². The molecule has 0 fully saturated rings. The number of hydrogen-bond donors (Lipinski definition) is 0. The van der Waals surface area contributed by atoms with E-state index in [2.05, 4.69) is 13.8 Å². The van der Waals surface area contributed by atoms with E-state index in [9.17, 15) is 14.9 Å². The van der Waals surface area contributed by atoms with E-state index in [1.54, 1.807) is 12.1 Å². The Labute approximate surface area is 128 Å². The standard InChI is InChI=1S/C17H17NO4/c1-3-12(2)15-9-4-5-10-16(15)22-17(19)13-7-6-8-14(11-13)18(20)21/h4-12H,3H2,1-2H3. The second kappa shape index (κ2) is 6.85. The molecule has 0 bridgehead atoms. The van der Waals surface area contributed by atoms with Gasteiger partial charge in [0, 0.05) is 12.1 Å². The molecule has 22 heavy (non-hydrogen) atoms. The summed E-state index contributed by atoms with van der Waals surface area (Å²) in [7, 11) is 0. The molecule has 1 unspecified atom stereocenters. The number of para-hydroxylation sites is 1. The van der Waals surface area contributed by atoms with Crippen molar-refractivity contribution in [1.29, 1.82) is 0 Å². The number of nitro benzene ring substituents is 1. The molecule has 0 radical (unpaired) electrons. The molecule has 0 amide bonds. The summed E-state index contributed by atoms with van der Waals surface area (Å²) >= 11 is 0. The highest BCUT2D eigenvalue weighted by molar-refractivity contribution is 5.91. The zero-order valence-corrected chi connectivity index (χ0v) is 12.5. The van der Waals surface area contributed by atoms with Gasteiger partial charge in [-0.2, -0.15) is 0 Å². The third-order valence-electron chi connectivity index (χ3n) is 3.56. The van der Waals surface area contributed by atoms with E-state index in [1.165, 1.54) is 24.3 Å². The minimum atomic E-state index is -0.598. The van der Waals surface area contributed by atoms with E-state index in [4.69, 9.17) is 4.74 Å². The van der Waals surface area contributed by atoms with Crippen LogP contribution in [0.15, 0.2) is 48.5 Å². The maximum absolute atomic E-state index is 12.2. The predicted molar refractivity (Wildman–Crippen MR) is 83.2 cm³/mol. The van der Waals surface area contributed by atoms with Crippen LogP contribution in [-0.2, 0) is 0 Å². The van der Waals surface area contributed by atoms with Crippen molar-refractivity contribution in [3.63, 3.8) is 0 Å². The number of nitrogens with zero attached hydrogens (tertiary/aromatic N) is 1. The molecule has 0 aliphatic heterocycles. The first-order chi connectivity index (χ1) is 10.5. The van der Waals surface area contributed by atoms with Gasteiger partial charge in [-0.25, -0.2) is 4.79 Å². The average Bonchev–Trinajstić information content (AvgIpc) is 2.54. The Hall–Kier alpha value is -2.69. The summed E-state index contributed by atoms with van der Waals surface area (Å²) < 4.78 is 5.43. The van der Waals surface area contributed by atoms with Crippen molar-refractivity contribution in [1.82, 2.24) is 0 Å². The molecule has 0 saturated carbocycles.